The highest BCUT2D eigenvalue weighted by atomic mass is 32.2. The van der Waals surface area contributed by atoms with E-state index < -0.39 is 15.7 Å². The molecule has 1 aromatic carbocycles. The lowest BCUT2D eigenvalue weighted by Crippen LogP contribution is -2.43. The number of rotatable bonds is 4. The highest BCUT2D eigenvalue weighted by Crippen LogP contribution is 2.55. The van der Waals surface area contributed by atoms with Crippen LogP contribution in [-0.4, -0.2) is 34.3 Å². The molecule has 3 N–H and O–H groups in total. The maximum absolute atomic E-state index is 12.2. The third kappa shape index (κ3) is 5.30. The van der Waals surface area contributed by atoms with Gasteiger partial charge in [0.05, 0.1) is 21.3 Å². The van der Waals surface area contributed by atoms with Crippen LogP contribution in [0.4, 0.5) is 0 Å². The maximum atomic E-state index is 12.2. The van der Waals surface area contributed by atoms with Gasteiger partial charge in [0.1, 0.15) is 6.61 Å². The first-order chi connectivity index (χ1) is 13.5. The van der Waals surface area contributed by atoms with E-state index >= 15 is 0 Å². The van der Waals surface area contributed by atoms with E-state index in [0.717, 1.165) is 44.3 Å². The molecule has 1 saturated heterocycles. The number of fused-ring (bicyclic) bond motifs is 1. The molecule has 160 valence electrons. The van der Waals surface area contributed by atoms with Gasteiger partial charge in [0.25, 0.3) is 0 Å². The lowest BCUT2D eigenvalue weighted by atomic mass is 9.67. The minimum absolute atomic E-state index is 0.178. The molecule has 4 nitrogen and oxygen atoms in total. The van der Waals surface area contributed by atoms with Crippen LogP contribution in [0.5, 0.6) is 0 Å². The summed E-state index contributed by atoms with van der Waals surface area (Å²) in [4.78, 5) is 0. The number of benzene rings is 1. The van der Waals surface area contributed by atoms with Gasteiger partial charge in [-0.2, -0.15) is 0 Å². The molecule has 1 aromatic rings. The smallest absolute Gasteiger partial charge is 0.108 e. The lowest BCUT2D eigenvalue weighted by Gasteiger charge is -2.42. The van der Waals surface area contributed by atoms with Crippen LogP contribution >= 0.6 is 0 Å². The molecule has 2 aliphatic rings. The molecule has 1 aliphatic carbocycles. The van der Waals surface area contributed by atoms with Gasteiger partial charge in [0.15, 0.2) is 0 Å². The molecule has 1 spiro atoms. The van der Waals surface area contributed by atoms with Crippen molar-refractivity contribution in [1.29, 1.82) is 0 Å². The summed E-state index contributed by atoms with van der Waals surface area (Å²) in [5.74, 6) is 6.79. The third-order valence-electron chi connectivity index (χ3n) is 6.45. The molecule has 3 rings (SSSR count). The van der Waals surface area contributed by atoms with Crippen molar-refractivity contribution in [2.45, 2.75) is 76.6 Å². The molecule has 2 atom stereocenters. The summed E-state index contributed by atoms with van der Waals surface area (Å²) < 4.78 is 17.5. The van der Waals surface area contributed by atoms with Crippen molar-refractivity contribution >= 4 is 11.0 Å². The first-order valence-electron chi connectivity index (χ1n) is 10.7. The predicted octanol–water partition coefficient (Wildman–Crippen LogP) is 3.65. The van der Waals surface area contributed by atoms with Gasteiger partial charge in [-0.25, -0.2) is 4.21 Å². The molecule has 29 heavy (non-hydrogen) atoms. The Labute approximate surface area is 179 Å². The van der Waals surface area contributed by atoms with Gasteiger partial charge in [-0.05, 0) is 108 Å². The van der Waals surface area contributed by atoms with E-state index in [4.69, 9.17) is 9.88 Å². The second kappa shape index (κ2) is 8.51. The number of hydrogen-bond acceptors (Lipinski definition) is 3. The van der Waals surface area contributed by atoms with Gasteiger partial charge in [-0.1, -0.05) is 17.9 Å². The monoisotopic (exact) mass is 416 g/mol. The Kier molecular flexibility index (Phi) is 6.60. The molecule has 1 aliphatic heterocycles. The molecule has 1 fully saturated rings. The van der Waals surface area contributed by atoms with Crippen LogP contribution in [0.25, 0.3) is 0 Å². The molecule has 0 radical (unpaired) electrons. The van der Waals surface area contributed by atoms with Crippen LogP contribution in [0.2, 0.25) is 0 Å². The summed E-state index contributed by atoms with van der Waals surface area (Å²) in [5.41, 5.74) is 3.90. The second-order valence-electron chi connectivity index (χ2n) is 10.2. The normalized spacial score (nSPS) is 22.1. The van der Waals surface area contributed by atoms with Crippen molar-refractivity contribution in [1.82, 2.24) is 5.32 Å². The van der Waals surface area contributed by atoms with Crippen molar-refractivity contribution in [3.05, 3.63) is 34.9 Å². The summed E-state index contributed by atoms with van der Waals surface area (Å²) in [6, 6.07) is 6.64. The quantitative estimate of drug-likeness (QED) is 0.737. The highest BCUT2D eigenvalue weighted by molar-refractivity contribution is 7.84. The Balaban J connectivity index is 1.89. The average Bonchev–Trinajstić information content (AvgIpc) is 2.90. The van der Waals surface area contributed by atoms with Crippen LogP contribution in [-0.2, 0) is 22.1 Å². The fourth-order valence-electron chi connectivity index (χ4n) is 4.73. The van der Waals surface area contributed by atoms with Gasteiger partial charge in [-0.3, -0.25) is 5.14 Å². The zero-order valence-electron chi connectivity index (χ0n) is 18.6. The third-order valence-corrected chi connectivity index (χ3v) is 7.71. The van der Waals surface area contributed by atoms with Crippen LogP contribution in [0, 0.1) is 17.3 Å². The Bertz CT molecular complexity index is 824. The SMILES string of the molecule is CC(C)(C)OCC#Cc1ccc2c(c1)[C@@H](CC(C)(C)S(N)=O)C1(CCNCC1)C2. The van der Waals surface area contributed by atoms with Crippen LogP contribution < -0.4 is 10.5 Å². The van der Waals surface area contributed by atoms with E-state index in [1.54, 1.807) is 0 Å². The molecule has 1 unspecified atom stereocenters. The summed E-state index contributed by atoms with van der Waals surface area (Å²) in [7, 11) is -1.35. The van der Waals surface area contributed by atoms with E-state index in [1.807, 2.05) is 34.6 Å². The Hall–Kier alpha value is -1.19. The van der Waals surface area contributed by atoms with Gasteiger partial charge >= 0.3 is 0 Å². The number of nitrogens with two attached hydrogens (primary N) is 1. The predicted molar refractivity (Wildman–Crippen MR) is 121 cm³/mol. The molecule has 1 heterocycles. The molecular weight excluding hydrogens is 380 g/mol. The molecule has 5 heteroatoms. The summed E-state index contributed by atoms with van der Waals surface area (Å²) >= 11 is 0. The topological polar surface area (TPSA) is 64.3 Å². The first kappa shape index (κ1) is 22.5. The summed E-state index contributed by atoms with van der Waals surface area (Å²) in [6.45, 7) is 12.7. The molecule has 0 bridgehead atoms. The molecule has 0 saturated carbocycles. The van der Waals surface area contributed by atoms with Gasteiger partial charge in [0, 0.05) is 5.56 Å². The molecular formula is C24H36N2O2S. The zero-order chi connectivity index (χ0) is 21.3. The number of piperidine rings is 1. The number of hydrogen-bond donors (Lipinski definition) is 2. The van der Waals surface area contributed by atoms with Crippen LogP contribution in [0.1, 0.15) is 76.5 Å². The zero-order valence-corrected chi connectivity index (χ0v) is 19.4. The standard InChI is InChI=1S/C24H36N2O2S/c1-22(2,3)28-14-6-7-18-8-9-19-16-24(10-12-26-13-11-24)21(20(19)15-18)17-23(4,5)29(25)27/h8-9,15,21,26H,10-14,16-17,25H2,1-5H3/t21-,29?/m1/s1. The van der Waals surface area contributed by atoms with E-state index in [2.05, 4.69) is 35.4 Å². The fourth-order valence-corrected chi connectivity index (χ4v) is 5.06. The van der Waals surface area contributed by atoms with Crippen molar-refractivity contribution in [3.63, 3.8) is 0 Å². The largest absolute Gasteiger partial charge is 0.363 e. The van der Waals surface area contributed by atoms with E-state index in [0.29, 0.717) is 12.5 Å². The molecule has 0 amide bonds. The maximum Gasteiger partial charge on any atom is 0.108 e. The van der Waals surface area contributed by atoms with Crippen molar-refractivity contribution in [2.75, 3.05) is 19.7 Å². The van der Waals surface area contributed by atoms with Gasteiger partial charge in [0.2, 0.25) is 0 Å². The van der Waals surface area contributed by atoms with Crippen LogP contribution in [0.3, 0.4) is 0 Å². The second-order valence-corrected chi connectivity index (χ2v) is 11.9. The highest BCUT2D eigenvalue weighted by Gasteiger charge is 2.48. The van der Waals surface area contributed by atoms with Crippen molar-refractivity contribution in [2.24, 2.45) is 10.6 Å². The Morgan fingerprint density at radius 3 is 2.55 bits per heavy atom. The van der Waals surface area contributed by atoms with E-state index in [9.17, 15) is 4.21 Å². The minimum Gasteiger partial charge on any atom is -0.363 e. The van der Waals surface area contributed by atoms with E-state index in [-0.39, 0.29) is 11.0 Å². The van der Waals surface area contributed by atoms with Crippen LogP contribution in [0.15, 0.2) is 18.2 Å². The number of ether oxygens (including phenoxy) is 1. The summed E-state index contributed by atoms with van der Waals surface area (Å²) in [6.07, 6.45) is 4.25. The Morgan fingerprint density at radius 2 is 1.93 bits per heavy atom. The fraction of sp³-hybridized carbons (Fsp3) is 0.667. The summed E-state index contributed by atoms with van der Waals surface area (Å²) in [5, 5.41) is 9.36. The average molecular weight is 417 g/mol. The minimum atomic E-state index is -1.35. The first-order valence-corrected chi connectivity index (χ1v) is 11.9. The van der Waals surface area contributed by atoms with Gasteiger partial charge < -0.3 is 10.1 Å². The van der Waals surface area contributed by atoms with Gasteiger partial charge in [-0.15, -0.1) is 0 Å². The Morgan fingerprint density at radius 1 is 1.24 bits per heavy atom. The van der Waals surface area contributed by atoms with Crippen molar-refractivity contribution in [3.8, 4) is 11.8 Å². The molecule has 0 aromatic heterocycles. The lowest BCUT2D eigenvalue weighted by molar-refractivity contribution is 0.0181. The van der Waals surface area contributed by atoms with E-state index in [1.165, 1.54) is 11.1 Å². The van der Waals surface area contributed by atoms with Crippen molar-refractivity contribution < 1.29 is 8.95 Å². The number of nitrogens with one attached hydrogen (secondary N) is 1.